The van der Waals surface area contributed by atoms with Crippen molar-refractivity contribution in [1.29, 1.82) is 0 Å². The van der Waals surface area contributed by atoms with E-state index < -0.39 is 15.9 Å². The van der Waals surface area contributed by atoms with E-state index in [0.717, 1.165) is 16.1 Å². The quantitative estimate of drug-likeness (QED) is 0.770. The number of sulfonamides is 1. The highest BCUT2D eigenvalue weighted by atomic mass is 35.5. The molecule has 1 N–H and O–H groups in total. The summed E-state index contributed by atoms with van der Waals surface area (Å²) in [6.45, 7) is 2.40. The lowest BCUT2D eigenvalue weighted by atomic mass is 10.1. The standard InChI is InChI=1S/C19H21ClN2O5S/c1-13(14-7-8-17-18(11-14)27-10-9-26-17)21-19(23)12-22(28(2,24)25)16-6-4-3-5-15(16)20/h3-8,11,13H,9-10,12H2,1-2H3,(H,21,23)/t13-/m0/s1. The van der Waals surface area contributed by atoms with Gasteiger partial charge in [0, 0.05) is 0 Å². The van der Waals surface area contributed by atoms with Crippen LogP contribution in [0.15, 0.2) is 42.5 Å². The Labute approximate surface area is 169 Å². The van der Waals surface area contributed by atoms with Crippen molar-refractivity contribution in [3.63, 3.8) is 0 Å². The van der Waals surface area contributed by atoms with Crippen LogP contribution in [0.2, 0.25) is 5.02 Å². The average molecular weight is 425 g/mol. The highest BCUT2D eigenvalue weighted by molar-refractivity contribution is 7.92. The van der Waals surface area contributed by atoms with E-state index in [2.05, 4.69) is 5.32 Å². The van der Waals surface area contributed by atoms with Crippen molar-refractivity contribution >= 4 is 33.2 Å². The number of fused-ring (bicyclic) bond motifs is 1. The molecule has 1 heterocycles. The Hall–Kier alpha value is -2.45. The van der Waals surface area contributed by atoms with Crippen LogP contribution >= 0.6 is 11.6 Å². The Morgan fingerprint density at radius 2 is 1.86 bits per heavy atom. The summed E-state index contributed by atoms with van der Waals surface area (Å²) in [7, 11) is -3.70. The SMILES string of the molecule is C[C@H](NC(=O)CN(c1ccccc1Cl)S(C)(=O)=O)c1ccc2c(c1)OCCO2. The zero-order chi connectivity index (χ0) is 20.3. The number of halogens is 1. The molecule has 0 unspecified atom stereocenters. The molecule has 9 heteroatoms. The van der Waals surface area contributed by atoms with E-state index in [4.69, 9.17) is 21.1 Å². The Kier molecular flexibility index (Phi) is 6.00. The molecule has 0 aliphatic carbocycles. The van der Waals surface area contributed by atoms with E-state index in [1.54, 1.807) is 30.3 Å². The number of para-hydroxylation sites is 1. The second kappa shape index (κ2) is 8.28. The first kappa shape index (κ1) is 20.3. The van der Waals surface area contributed by atoms with Crippen LogP contribution in [0, 0.1) is 0 Å². The maximum absolute atomic E-state index is 12.5. The molecule has 3 rings (SSSR count). The van der Waals surface area contributed by atoms with E-state index >= 15 is 0 Å². The fourth-order valence-corrected chi connectivity index (χ4v) is 4.02. The first-order chi connectivity index (χ1) is 13.3. The van der Waals surface area contributed by atoms with Crippen molar-refractivity contribution in [2.24, 2.45) is 0 Å². The molecular formula is C19H21ClN2O5S. The third-order valence-corrected chi connectivity index (χ3v) is 5.70. The molecule has 150 valence electrons. The number of carbonyl (C=O) groups is 1. The molecule has 1 aliphatic heterocycles. The average Bonchev–Trinajstić information content (AvgIpc) is 2.65. The molecule has 2 aromatic carbocycles. The first-order valence-electron chi connectivity index (χ1n) is 8.67. The van der Waals surface area contributed by atoms with E-state index in [1.807, 2.05) is 19.1 Å². The minimum absolute atomic E-state index is 0.251. The van der Waals surface area contributed by atoms with Crippen LogP contribution in [-0.2, 0) is 14.8 Å². The summed E-state index contributed by atoms with van der Waals surface area (Å²) in [5, 5.41) is 3.06. The summed E-state index contributed by atoms with van der Waals surface area (Å²) in [6.07, 6.45) is 1.04. The van der Waals surface area contributed by atoms with Crippen molar-refractivity contribution in [2.75, 3.05) is 30.3 Å². The first-order valence-corrected chi connectivity index (χ1v) is 10.9. The Balaban J connectivity index is 1.73. The Morgan fingerprint density at radius 1 is 1.18 bits per heavy atom. The topological polar surface area (TPSA) is 84.9 Å². The maximum atomic E-state index is 12.5. The van der Waals surface area contributed by atoms with Crippen LogP contribution < -0.4 is 19.1 Å². The number of amides is 1. The van der Waals surface area contributed by atoms with E-state index in [1.165, 1.54) is 0 Å². The second-order valence-electron chi connectivity index (χ2n) is 6.41. The molecular weight excluding hydrogens is 404 g/mol. The molecule has 1 atom stereocenters. The molecule has 28 heavy (non-hydrogen) atoms. The van der Waals surface area contributed by atoms with Gasteiger partial charge in [-0.05, 0) is 36.8 Å². The molecule has 0 spiro atoms. The molecule has 0 bridgehead atoms. The third-order valence-electron chi connectivity index (χ3n) is 4.25. The van der Waals surface area contributed by atoms with Gasteiger partial charge in [-0.25, -0.2) is 8.42 Å². The van der Waals surface area contributed by atoms with Crippen LogP contribution in [0.1, 0.15) is 18.5 Å². The third kappa shape index (κ3) is 4.69. The molecule has 0 saturated heterocycles. The van der Waals surface area contributed by atoms with Gasteiger partial charge in [0.1, 0.15) is 19.8 Å². The highest BCUT2D eigenvalue weighted by Crippen LogP contribution is 2.32. The molecule has 2 aromatic rings. The molecule has 1 aliphatic rings. The number of benzene rings is 2. The van der Waals surface area contributed by atoms with Crippen molar-refractivity contribution in [3.05, 3.63) is 53.1 Å². The van der Waals surface area contributed by atoms with Gasteiger partial charge in [-0.3, -0.25) is 9.10 Å². The van der Waals surface area contributed by atoms with Crippen LogP contribution in [0.25, 0.3) is 0 Å². The summed E-state index contributed by atoms with van der Waals surface area (Å²) < 4.78 is 36.4. The lowest BCUT2D eigenvalue weighted by Crippen LogP contribution is -2.41. The van der Waals surface area contributed by atoms with E-state index in [0.29, 0.717) is 24.7 Å². The van der Waals surface area contributed by atoms with Gasteiger partial charge < -0.3 is 14.8 Å². The summed E-state index contributed by atoms with van der Waals surface area (Å²) >= 11 is 6.11. The van der Waals surface area contributed by atoms with Gasteiger partial charge in [0.25, 0.3) is 0 Å². The normalized spacial score (nSPS) is 14.2. The van der Waals surface area contributed by atoms with Crippen molar-refractivity contribution < 1.29 is 22.7 Å². The number of nitrogens with one attached hydrogen (secondary N) is 1. The molecule has 7 nitrogen and oxygen atoms in total. The van der Waals surface area contributed by atoms with Crippen molar-refractivity contribution in [1.82, 2.24) is 5.32 Å². The smallest absolute Gasteiger partial charge is 0.241 e. The maximum Gasteiger partial charge on any atom is 0.241 e. The summed E-state index contributed by atoms with van der Waals surface area (Å²) in [5.41, 5.74) is 1.08. The minimum Gasteiger partial charge on any atom is -0.486 e. The lowest BCUT2D eigenvalue weighted by Gasteiger charge is -2.24. The molecule has 1 amide bonds. The molecule has 0 aromatic heterocycles. The fraction of sp³-hybridized carbons (Fsp3) is 0.316. The number of anilines is 1. The van der Waals surface area contributed by atoms with Gasteiger partial charge in [0.15, 0.2) is 11.5 Å². The summed E-state index contributed by atoms with van der Waals surface area (Å²) in [6, 6.07) is 11.6. The largest absolute Gasteiger partial charge is 0.486 e. The number of hydrogen-bond acceptors (Lipinski definition) is 5. The number of hydrogen-bond donors (Lipinski definition) is 1. The van der Waals surface area contributed by atoms with Gasteiger partial charge in [-0.2, -0.15) is 0 Å². The number of ether oxygens (including phenoxy) is 2. The van der Waals surface area contributed by atoms with E-state index in [9.17, 15) is 13.2 Å². The number of rotatable bonds is 6. The van der Waals surface area contributed by atoms with Gasteiger partial charge in [0.05, 0.1) is 23.0 Å². The monoisotopic (exact) mass is 424 g/mol. The number of carbonyl (C=O) groups excluding carboxylic acids is 1. The van der Waals surface area contributed by atoms with Gasteiger partial charge in [-0.15, -0.1) is 0 Å². The van der Waals surface area contributed by atoms with Crippen molar-refractivity contribution in [3.8, 4) is 11.5 Å². The summed E-state index contributed by atoms with van der Waals surface area (Å²) in [4.78, 5) is 12.5. The van der Waals surface area contributed by atoms with Gasteiger partial charge in [-0.1, -0.05) is 29.8 Å². The van der Waals surface area contributed by atoms with Crippen LogP contribution in [0.5, 0.6) is 11.5 Å². The number of nitrogens with zero attached hydrogens (tertiary/aromatic N) is 1. The molecule has 0 saturated carbocycles. The zero-order valence-corrected chi connectivity index (χ0v) is 17.1. The molecule has 0 fully saturated rings. The van der Waals surface area contributed by atoms with Gasteiger partial charge in [0.2, 0.25) is 15.9 Å². The Morgan fingerprint density at radius 3 is 2.54 bits per heavy atom. The van der Waals surface area contributed by atoms with Gasteiger partial charge >= 0.3 is 0 Å². The predicted octanol–water partition coefficient (Wildman–Crippen LogP) is 2.75. The fourth-order valence-electron chi connectivity index (χ4n) is 2.87. The highest BCUT2D eigenvalue weighted by Gasteiger charge is 2.24. The molecule has 0 radical (unpaired) electrons. The predicted molar refractivity (Wildman–Crippen MR) is 108 cm³/mol. The van der Waals surface area contributed by atoms with Crippen LogP contribution in [0.3, 0.4) is 0 Å². The zero-order valence-electron chi connectivity index (χ0n) is 15.5. The second-order valence-corrected chi connectivity index (χ2v) is 8.73. The van der Waals surface area contributed by atoms with E-state index in [-0.39, 0.29) is 23.3 Å². The Bertz CT molecular complexity index is 980. The minimum atomic E-state index is -3.70. The summed E-state index contributed by atoms with van der Waals surface area (Å²) in [5.74, 6) is 0.835. The van der Waals surface area contributed by atoms with Crippen LogP contribution in [-0.4, -0.2) is 40.3 Å². The van der Waals surface area contributed by atoms with Crippen LogP contribution in [0.4, 0.5) is 5.69 Å². The lowest BCUT2D eigenvalue weighted by molar-refractivity contribution is -0.120. The van der Waals surface area contributed by atoms with Crippen molar-refractivity contribution in [2.45, 2.75) is 13.0 Å².